The molecule has 0 unspecified atom stereocenters. The predicted octanol–water partition coefficient (Wildman–Crippen LogP) is 3.51. The molecule has 0 saturated carbocycles. The van der Waals surface area contributed by atoms with E-state index in [1.807, 2.05) is 44.4 Å². The molecule has 0 saturated heterocycles. The van der Waals surface area contributed by atoms with Gasteiger partial charge in [-0.2, -0.15) is 0 Å². The zero-order valence-electron chi connectivity index (χ0n) is 16.1. The average molecular weight is 380 g/mol. The van der Waals surface area contributed by atoms with Gasteiger partial charge < -0.3 is 15.5 Å². The number of hydrogen-bond acceptors (Lipinski definition) is 7. The first-order chi connectivity index (χ1) is 13.5. The van der Waals surface area contributed by atoms with Gasteiger partial charge in [-0.3, -0.25) is 10.1 Å². The molecule has 2 N–H and O–H groups in total. The van der Waals surface area contributed by atoms with Crippen molar-refractivity contribution in [3.8, 4) is 0 Å². The lowest BCUT2D eigenvalue weighted by atomic mass is 10.2. The number of fused-ring (bicyclic) bond motifs is 1. The molecule has 0 amide bonds. The topological polar surface area (TPSA) is 96.2 Å². The standard InChI is InChI=1S/C20H24N6O2/c1-25(2)12-6-11-21-19-20(22-14-15-7-4-3-5-8-15)23-17-10-9-16(26(27)28)13-18(17)24-19/h3-5,7-10,13H,6,11-12,14H2,1-2H3,(H,21,24)(H,22,23). The maximum atomic E-state index is 11.1. The SMILES string of the molecule is CN(C)CCCNc1nc2cc([N+](=O)[O-])ccc2nc1NCc1ccccc1. The van der Waals surface area contributed by atoms with E-state index in [9.17, 15) is 10.1 Å². The van der Waals surface area contributed by atoms with Crippen molar-refractivity contribution in [2.24, 2.45) is 0 Å². The second kappa shape index (κ2) is 9.09. The lowest BCUT2D eigenvalue weighted by Crippen LogP contribution is -2.17. The van der Waals surface area contributed by atoms with Crippen LogP contribution in [0.15, 0.2) is 48.5 Å². The lowest BCUT2D eigenvalue weighted by Gasteiger charge is -2.14. The molecule has 0 aliphatic rings. The number of nitrogens with one attached hydrogen (secondary N) is 2. The van der Waals surface area contributed by atoms with Gasteiger partial charge in [0.2, 0.25) is 0 Å². The van der Waals surface area contributed by atoms with E-state index in [0.717, 1.165) is 25.1 Å². The molecule has 146 valence electrons. The van der Waals surface area contributed by atoms with E-state index in [2.05, 4.69) is 25.5 Å². The summed E-state index contributed by atoms with van der Waals surface area (Å²) in [6.45, 7) is 2.29. The van der Waals surface area contributed by atoms with Crippen molar-refractivity contribution in [2.75, 3.05) is 37.8 Å². The third-order valence-electron chi connectivity index (χ3n) is 4.24. The first kappa shape index (κ1) is 19.5. The molecule has 0 aliphatic heterocycles. The Morgan fingerprint density at radius 1 is 1.00 bits per heavy atom. The molecule has 3 aromatic rings. The van der Waals surface area contributed by atoms with Crippen LogP contribution in [0.3, 0.4) is 0 Å². The van der Waals surface area contributed by atoms with Crippen LogP contribution in [0.1, 0.15) is 12.0 Å². The van der Waals surface area contributed by atoms with Crippen LogP contribution in [0.5, 0.6) is 0 Å². The van der Waals surface area contributed by atoms with Crippen LogP contribution in [0.4, 0.5) is 17.3 Å². The minimum atomic E-state index is -0.424. The maximum absolute atomic E-state index is 11.1. The highest BCUT2D eigenvalue weighted by atomic mass is 16.6. The fraction of sp³-hybridized carbons (Fsp3) is 0.300. The normalized spacial score (nSPS) is 11.0. The molecule has 0 fully saturated rings. The predicted molar refractivity (Wildman–Crippen MR) is 112 cm³/mol. The van der Waals surface area contributed by atoms with Crippen molar-refractivity contribution in [1.82, 2.24) is 14.9 Å². The Hall–Kier alpha value is -3.26. The van der Waals surface area contributed by atoms with Gasteiger partial charge in [0.15, 0.2) is 11.6 Å². The molecule has 0 spiro atoms. The quantitative estimate of drug-likeness (QED) is 0.333. The highest BCUT2D eigenvalue weighted by Gasteiger charge is 2.12. The number of hydrogen-bond donors (Lipinski definition) is 2. The van der Waals surface area contributed by atoms with Crippen LogP contribution < -0.4 is 10.6 Å². The first-order valence-electron chi connectivity index (χ1n) is 9.15. The molecule has 0 radical (unpaired) electrons. The highest BCUT2D eigenvalue weighted by molar-refractivity contribution is 5.82. The lowest BCUT2D eigenvalue weighted by molar-refractivity contribution is -0.384. The van der Waals surface area contributed by atoms with Crippen LogP contribution in [-0.4, -0.2) is 47.0 Å². The number of rotatable bonds is 9. The third-order valence-corrected chi connectivity index (χ3v) is 4.24. The van der Waals surface area contributed by atoms with Crippen LogP contribution in [0.2, 0.25) is 0 Å². The number of nitro benzene ring substituents is 1. The second-order valence-electron chi connectivity index (χ2n) is 6.77. The fourth-order valence-electron chi connectivity index (χ4n) is 2.79. The molecule has 0 bridgehead atoms. The zero-order valence-corrected chi connectivity index (χ0v) is 16.1. The van der Waals surface area contributed by atoms with Gasteiger partial charge in [-0.15, -0.1) is 0 Å². The Morgan fingerprint density at radius 3 is 2.43 bits per heavy atom. The van der Waals surface area contributed by atoms with E-state index in [0.29, 0.717) is 29.2 Å². The summed E-state index contributed by atoms with van der Waals surface area (Å²) in [7, 11) is 4.06. The van der Waals surface area contributed by atoms with Gasteiger partial charge in [0.05, 0.1) is 16.0 Å². The molecule has 8 nitrogen and oxygen atoms in total. The summed E-state index contributed by atoms with van der Waals surface area (Å²) in [6, 6.07) is 14.6. The maximum Gasteiger partial charge on any atom is 0.271 e. The Kier molecular flexibility index (Phi) is 6.33. The van der Waals surface area contributed by atoms with Crippen molar-refractivity contribution in [3.63, 3.8) is 0 Å². The summed E-state index contributed by atoms with van der Waals surface area (Å²) in [6.07, 6.45) is 0.944. The summed E-state index contributed by atoms with van der Waals surface area (Å²) in [4.78, 5) is 22.0. The van der Waals surface area contributed by atoms with Gasteiger partial charge in [0.1, 0.15) is 0 Å². The van der Waals surface area contributed by atoms with Crippen molar-refractivity contribution in [3.05, 3.63) is 64.2 Å². The number of benzene rings is 2. The van der Waals surface area contributed by atoms with Gasteiger partial charge in [0, 0.05) is 25.2 Å². The van der Waals surface area contributed by atoms with Gasteiger partial charge >= 0.3 is 0 Å². The number of aromatic nitrogens is 2. The van der Waals surface area contributed by atoms with Crippen molar-refractivity contribution in [1.29, 1.82) is 0 Å². The molecule has 3 rings (SSSR count). The van der Waals surface area contributed by atoms with E-state index in [1.165, 1.54) is 12.1 Å². The highest BCUT2D eigenvalue weighted by Crippen LogP contribution is 2.25. The van der Waals surface area contributed by atoms with Crippen molar-refractivity contribution >= 4 is 28.4 Å². The van der Waals surface area contributed by atoms with E-state index < -0.39 is 4.92 Å². The van der Waals surface area contributed by atoms with E-state index in [1.54, 1.807) is 6.07 Å². The molecule has 1 aromatic heterocycles. The molecule has 0 aliphatic carbocycles. The number of non-ortho nitro benzene ring substituents is 1. The molecular weight excluding hydrogens is 356 g/mol. The molecule has 28 heavy (non-hydrogen) atoms. The van der Waals surface area contributed by atoms with Crippen LogP contribution >= 0.6 is 0 Å². The summed E-state index contributed by atoms with van der Waals surface area (Å²) in [5.41, 5.74) is 2.24. The fourth-order valence-corrected chi connectivity index (χ4v) is 2.79. The van der Waals surface area contributed by atoms with Gasteiger partial charge in [-0.1, -0.05) is 30.3 Å². The number of nitro groups is 1. The largest absolute Gasteiger partial charge is 0.367 e. The Labute approximate surface area is 163 Å². The van der Waals surface area contributed by atoms with Gasteiger partial charge in [0.25, 0.3) is 5.69 Å². The molecule has 8 heteroatoms. The zero-order chi connectivity index (χ0) is 19.9. The van der Waals surface area contributed by atoms with Gasteiger partial charge in [-0.05, 0) is 38.7 Å². The minimum Gasteiger partial charge on any atom is -0.367 e. The van der Waals surface area contributed by atoms with Crippen LogP contribution in [0.25, 0.3) is 11.0 Å². The minimum absolute atomic E-state index is 0.00496. The molecule has 1 heterocycles. The summed E-state index contributed by atoms with van der Waals surface area (Å²) in [5, 5.41) is 17.7. The smallest absolute Gasteiger partial charge is 0.271 e. The summed E-state index contributed by atoms with van der Waals surface area (Å²) in [5.74, 6) is 1.23. The Balaban J connectivity index is 1.85. The molecule has 2 aromatic carbocycles. The molecular formula is C20H24N6O2. The van der Waals surface area contributed by atoms with E-state index in [-0.39, 0.29) is 5.69 Å². The van der Waals surface area contributed by atoms with Crippen molar-refractivity contribution < 1.29 is 4.92 Å². The van der Waals surface area contributed by atoms with Crippen molar-refractivity contribution in [2.45, 2.75) is 13.0 Å². The second-order valence-corrected chi connectivity index (χ2v) is 6.77. The number of anilines is 2. The Bertz CT molecular complexity index is 946. The first-order valence-corrected chi connectivity index (χ1v) is 9.15. The Morgan fingerprint density at radius 2 is 1.71 bits per heavy atom. The third kappa shape index (κ3) is 5.14. The monoisotopic (exact) mass is 380 g/mol. The van der Waals surface area contributed by atoms with Crippen LogP contribution in [-0.2, 0) is 6.54 Å². The number of nitrogens with zero attached hydrogens (tertiary/aromatic N) is 4. The summed E-state index contributed by atoms with van der Waals surface area (Å²) >= 11 is 0. The van der Waals surface area contributed by atoms with Gasteiger partial charge in [-0.25, -0.2) is 9.97 Å². The van der Waals surface area contributed by atoms with E-state index >= 15 is 0 Å². The van der Waals surface area contributed by atoms with E-state index in [4.69, 9.17) is 0 Å². The summed E-state index contributed by atoms with van der Waals surface area (Å²) < 4.78 is 0. The molecule has 0 atom stereocenters. The average Bonchev–Trinajstić information content (AvgIpc) is 2.69. The van der Waals surface area contributed by atoms with Crippen LogP contribution in [0, 0.1) is 10.1 Å².